The highest BCUT2D eigenvalue weighted by atomic mass is 32.1. The van der Waals surface area contributed by atoms with Gasteiger partial charge in [-0.1, -0.05) is 6.07 Å². The van der Waals surface area contributed by atoms with Gasteiger partial charge in [-0.15, -0.1) is 22.7 Å². The van der Waals surface area contributed by atoms with Crippen molar-refractivity contribution in [3.63, 3.8) is 0 Å². The van der Waals surface area contributed by atoms with Gasteiger partial charge in [0.15, 0.2) is 5.13 Å². The second-order valence-electron chi connectivity index (χ2n) is 4.27. The van der Waals surface area contributed by atoms with Crippen molar-refractivity contribution < 1.29 is 4.79 Å². The smallest absolute Gasteiger partial charge is 0.227 e. The molecule has 2 heterocycles. The number of rotatable bonds is 7. The second-order valence-corrected chi connectivity index (χ2v) is 6.20. The summed E-state index contributed by atoms with van der Waals surface area (Å²) in [5, 5.41) is 10.7. The molecule has 0 aliphatic rings. The average molecular weight is 295 g/mol. The summed E-state index contributed by atoms with van der Waals surface area (Å²) in [6.07, 6.45) is 3.15. The molecule has 0 saturated carbocycles. The van der Waals surface area contributed by atoms with Crippen molar-refractivity contribution in [1.29, 1.82) is 0 Å². The number of carbonyl (C=O) groups excluding carboxylic acids is 1. The highest BCUT2D eigenvalue weighted by Crippen LogP contribution is 2.11. The second kappa shape index (κ2) is 7.37. The minimum Gasteiger partial charge on any atom is -0.313 e. The van der Waals surface area contributed by atoms with Crippen molar-refractivity contribution in [1.82, 2.24) is 10.3 Å². The Hall–Kier alpha value is -1.24. The Kier molecular flexibility index (Phi) is 5.50. The van der Waals surface area contributed by atoms with E-state index in [2.05, 4.69) is 40.1 Å². The van der Waals surface area contributed by atoms with E-state index in [1.54, 1.807) is 17.5 Å². The van der Waals surface area contributed by atoms with Crippen LogP contribution in [0.5, 0.6) is 0 Å². The molecule has 1 amide bonds. The molecular formula is C13H17N3OS2. The fourth-order valence-electron chi connectivity index (χ4n) is 1.70. The van der Waals surface area contributed by atoms with Crippen molar-refractivity contribution in [2.24, 2.45) is 0 Å². The van der Waals surface area contributed by atoms with Gasteiger partial charge in [-0.3, -0.25) is 4.79 Å². The van der Waals surface area contributed by atoms with E-state index in [1.807, 2.05) is 5.38 Å². The van der Waals surface area contributed by atoms with Crippen LogP contribution in [0.25, 0.3) is 0 Å². The maximum atomic E-state index is 11.6. The number of amides is 1. The lowest BCUT2D eigenvalue weighted by Crippen LogP contribution is -2.30. The van der Waals surface area contributed by atoms with Gasteiger partial charge in [0.2, 0.25) is 5.91 Å². The van der Waals surface area contributed by atoms with Crippen molar-refractivity contribution in [3.8, 4) is 0 Å². The first-order valence-corrected chi connectivity index (χ1v) is 7.95. The molecule has 0 unspecified atom stereocenters. The zero-order chi connectivity index (χ0) is 13.5. The highest BCUT2D eigenvalue weighted by molar-refractivity contribution is 7.13. The fraction of sp³-hybridized carbons (Fsp3) is 0.385. The molecule has 0 saturated heterocycles. The number of hydrogen-bond donors (Lipinski definition) is 2. The van der Waals surface area contributed by atoms with Crippen LogP contribution in [0.1, 0.15) is 18.2 Å². The van der Waals surface area contributed by atoms with Crippen molar-refractivity contribution in [3.05, 3.63) is 34.0 Å². The minimum atomic E-state index is 0.00535. The first-order valence-electron chi connectivity index (χ1n) is 6.19. The number of carbonyl (C=O) groups is 1. The number of thiophene rings is 1. The van der Waals surface area contributed by atoms with Gasteiger partial charge in [-0.2, -0.15) is 0 Å². The van der Waals surface area contributed by atoms with Gasteiger partial charge in [-0.25, -0.2) is 4.98 Å². The number of anilines is 1. The molecule has 0 aromatic carbocycles. The summed E-state index contributed by atoms with van der Waals surface area (Å²) >= 11 is 3.20. The molecule has 0 radical (unpaired) electrons. The third-order valence-corrected chi connectivity index (χ3v) is 4.20. The molecule has 2 rings (SSSR count). The number of nitrogens with one attached hydrogen (secondary N) is 2. The van der Waals surface area contributed by atoms with Crippen LogP contribution in [0.15, 0.2) is 29.1 Å². The number of hydrogen-bond acceptors (Lipinski definition) is 5. The van der Waals surface area contributed by atoms with Crippen LogP contribution in [0.3, 0.4) is 0 Å². The van der Waals surface area contributed by atoms with E-state index in [-0.39, 0.29) is 5.91 Å². The zero-order valence-corrected chi connectivity index (χ0v) is 12.4. The average Bonchev–Trinajstić information content (AvgIpc) is 3.02. The maximum absolute atomic E-state index is 11.6. The Bertz CT molecular complexity index is 482. The lowest BCUT2D eigenvalue weighted by Gasteiger charge is -2.12. The van der Waals surface area contributed by atoms with Gasteiger partial charge >= 0.3 is 0 Å². The van der Waals surface area contributed by atoms with Crippen molar-refractivity contribution >= 4 is 33.7 Å². The first-order chi connectivity index (χ1) is 9.24. The molecule has 1 atom stereocenters. The molecule has 4 nitrogen and oxygen atoms in total. The predicted molar refractivity (Wildman–Crippen MR) is 80.8 cm³/mol. The molecule has 2 aromatic heterocycles. The van der Waals surface area contributed by atoms with Gasteiger partial charge in [0.25, 0.3) is 0 Å². The molecule has 0 spiro atoms. The molecule has 2 N–H and O–H groups in total. The molecule has 2 aromatic rings. The molecule has 0 fully saturated rings. The van der Waals surface area contributed by atoms with E-state index < -0.39 is 0 Å². The van der Waals surface area contributed by atoms with Gasteiger partial charge in [0.05, 0.1) is 0 Å². The van der Waals surface area contributed by atoms with E-state index in [0.29, 0.717) is 24.1 Å². The Morgan fingerprint density at radius 3 is 3.00 bits per heavy atom. The van der Waals surface area contributed by atoms with Crippen LogP contribution in [-0.4, -0.2) is 23.5 Å². The van der Waals surface area contributed by atoms with E-state index >= 15 is 0 Å². The zero-order valence-electron chi connectivity index (χ0n) is 10.8. The van der Waals surface area contributed by atoms with Gasteiger partial charge in [0, 0.05) is 35.5 Å². The first kappa shape index (κ1) is 14.2. The third-order valence-electron chi connectivity index (χ3n) is 2.61. The Morgan fingerprint density at radius 1 is 1.42 bits per heavy atom. The van der Waals surface area contributed by atoms with E-state index in [1.165, 1.54) is 16.2 Å². The molecular weight excluding hydrogens is 278 g/mol. The molecule has 102 valence electrons. The summed E-state index contributed by atoms with van der Waals surface area (Å²) in [5.41, 5.74) is 0. The summed E-state index contributed by atoms with van der Waals surface area (Å²) in [4.78, 5) is 17.0. The van der Waals surface area contributed by atoms with Gasteiger partial charge in [0.1, 0.15) is 0 Å². The molecule has 0 aliphatic carbocycles. The van der Waals surface area contributed by atoms with Crippen LogP contribution in [0.2, 0.25) is 0 Å². The summed E-state index contributed by atoms with van der Waals surface area (Å²) in [7, 11) is 0. The standard InChI is InChI=1S/C13H17N3OS2/c1-10(9-11-3-2-7-18-11)14-5-4-12(17)16-13-15-6-8-19-13/h2-3,6-8,10,14H,4-5,9H2,1H3,(H,15,16,17)/t10-/m1/s1. The van der Waals surface area contributed by atoms with Crippen molar-refractivity contribution in [2.45, 2.75) is 25.8 Å². The monoisotopic (exact) mass is 295 g/mol. The SMILES string of the molecule is C[C@H](Cc1cccs1)NCCC(=O)Nc1nccs1. The summed E-state index contributed by atoms with van der Waals surface area (Å²) in [5.74, 6) is 0.00535. The van der Waals surface area contributed by atoms with Crippen molar-refractivity contribution in [2.75, 3.05) is 11.9 Å². The van der Waals surface area contributed by atoms with E-state index in [9.17, 15) is 4.79 Å². The topological polar surface area (TPSA) is 54.0 Å². The highest BCUT2D eigenvalue weighted by Gasteiger charge is 2.06. The lowest BCUT2D eigenvalue weighted by molar-refractivity contribution is -0.116. The number of nitrogens with zero attached hydrogens (tertiary/aromatic N) is 1. The summed E-state index contributed by atoms with van der Waals surface area (Å²) in [6.45, 7) is 2.82. The quantitative estimate of drug-likeness (QED) is 0.826. The normalized spacial score (nSPS) is 12.3. The molecule has 0 aliphatic heterocycles. The Morgan fingerprint density at radius 2 is 2.32 bits per heavy atom. The van der Waals surface area contributed by atoms with Crippen LogP contribution in [0, 0.1) is 0 Å². The summed E-state index contributed by atoms with van der Waals surface area (Å²) in [6, 6.07) is 4.58. The van der Waals surface area contributed by atoms with E-state index in [4.69, 9.17) is 0 Å². The largest absolute Gasteiger partial charge is 0.313 e. The van der Waals surface area contributed by atoms with Crippen LogP contribution in [-0.2, 0) is 11.2 Å². The maximum Gasteiger partial charge on any atom is 0.227 e. The Balaban J connectivity index is 1.61. The molecule has 6 heteroatoms. The lowest BCUT2D eigenvalue weighted by atomic mass is 10.2. The van der Waals surface area contributed by atoms with Crippen LogP contribution < -0.4 is 10.6 Å². The molecule has 0 bridgehead atoms. The van der Waals surface area contributed by atoms with E-state index in [0.717, 1.165) is 6.42 Å². The Labute approximate surface area is 120 Å². The predicted octanol–water partition coefficient (Wildman–Crippen LogP) is 2.75. The van der Waals surface area contributed by atoms with Crippen LogP contribution in [0.4, 0.5) is 5.13 Å². The third kappa shape index (κ3) is 5.10. The summed E-state index contributed by atoms with van der Waals surface area (Å²) < 4.78 is 0. The van der Waals surface area contributed by atoms with Crippen LogP contribution >= 0.6 is 22.7 Å². The molecule has 19 heavy (non-hydrogen) atoms. The van der Waals surface area contributed by atoms with Gasteiger partial charge < -0.3 is 10.6 Å². The fourth-order valence-corrected chi connectivity index (χ4v) is 3.08. The number of aromatic nitrogens is 1. The van der Waals surface area contributed by atoms with Gasteiger partial charge in [-0.05, 0) is 24.8 Å². The minimum absolute atomic E-state index is 0.00535. The number of thiazole rings is 1.